The Bertz CT molecular complexity index is 422. The summed E-state index contributed by atoms with van der Waals surface area (Å²) in [5, 5.41) is 3.80. The first-order chi connectivity index (χ1) is 9.60. The number of aryl methyl sites for hydroxylation is 2. The Morgan fingerprint density at radius 3 is 2.55 bits per heavy atom. The van der Waals surface area contributed by atoms with Crippen molar-refractivity contribution in [3.8, 4) is 0 Å². The van der Waals surface area contributed by atoms with Crippen molar-refractivity contribution in [2.75, 3.05) is 25.0 Å². The number of hydrogen-bond donors (Lipinski definition) is 1. The van der Waals surface area contributed by atoms with Gasteiger partial charge in [0, 0.05) is 22.7 Å². The molecule has 20 heavy (non-hydrogen) atoms. The van der Waals surface area contributed by atoms with Crippen LogP contribution in [0.2, 0.25) is 0 Å². The molecule has 0 spiro atoms. The van der Waals surface area contributed by atoms with Crippen molar-refractivity contribution in [1.29, 1.82) is 0 Å². The van der Waals surface area contributed by atoms with E-state index in [0.29, 0.717) is 6.04 Å². The molecule has 1 aromatic carbocycles. The lowest BCUT2D eigenvalue weighted by Crippen LogP contribution is -2.27. The number of nitrogens with zero attached hydrogens (tertiary/aromatic N) is 1. The number of likely N-dealkylation sites (tertiary alicyclic amines) is 1. The Hall–Kier alpha value is -0.540. The van der Waals surface area contributed by atoms with Gasteiger partial charge in [-0.2, -0.15) is 0 Å². The zero-order valence-electron chi connectivity index (χ0n) is 13.0. The molecule has 0 amide bonds. The number of halogens is 1. The monoisotopic (exact) mass is 338 g/mol. The zero-order chi connectivity index (χ0) is 14.5. The van der Waals surface area contributed by atoms with Crippen LogP contribution >= 0.6 is 15.9 Å². The first-order valence-corrected chi connectivity index (χ1v) is 8.65. The van der Waals surface area contributed by atoms with E-state index < -0.39 is 0 Å². The minimum absolute atomic E-state index is 0.621. The maximum atomic E-state index is 3.80. The van der Waals surface area contributed by atoms with Crippen molar-refractivity contribution in [3.63, 3.8) is 0 Å². The van der Waals surface area contributed by atoms with Crippen LogP contribution in [0.15, 0.2) is 16.6 Å². The van der Waals surface area contributed by atoms with Gasteiger partial charge in [0.05, 0.1) is 0 Å². The quantitative estimate of drug-likeness (QED) is 0.852. The topological polar surface area (TPSA) is 15.3 Å². The Morgan fingerprint density at radius 2 is 1.90 bits per heavy atom. The number of anilines is 1. The second kappa shape index (κ2) is 7.46. The standard InChI is InChI=1S/C17H27BrN2/c1-4-8-20-9-5-6-16(7-10-20)19-17-13(2)11-15(18)12-14(17)3/h11-12,16,19H,4-10H2,1-3H3. The lowest BCUT2D eigenvalue weighted by atomic mass is 10.1. The van der Waals surface area contributed by atoms with Gasteiger partial charge in [-0.25, -0.2) is 0 Å². The molecule has 0 bridgehead atoms. The van der Waals surface area contributed by atoms with Crippen LogP contribution in [0.3, 0.4) is 0 Å². The van der Waals surface area contributed by atoms with Gasteiger partial charge >= 0.3 is 0 Å². The highest BCUT2D eigenvalue weighted by atomic mass is 79.9. The van der Waals surface area contributed by atoms with Crippen molar-refractivity contribution in [2.45, 2.75) is 52.5 Å². The van der Waals surface area contributed by atoms with E-state index in [1.807, 2.05) is 0 Å². The van der Waals surface area contributed by atoms with Crippen LogP contribution in [-0.4, -0.2) is 30.6 Å². The molecular formula is C17H27BrN2. The lowest BCUT2D eigenvalue weighted by molar-refractivity contribution is 0.285. The van der Waals surface area contributed by atoms with Crippen LogP contribution in [0.25, 0.3) is 0 Å². The van der Waals surface area contributed by atoms with E-state index in [-0.39, 0.29) is 0 Å². The van der Waals surface area contributed by atoms with E-state index in [2.05, 4.69) is 59.1 Å². The molecule has 0 saturated carbocycles. The zero-order valence-corrected chi connectivity index (χ0v) is 14.6. The van der Waals surface area contributed by atoms with Crippen LogP contribution in [0.1, 0.15) is 43.7 Å². The summed E-state index contributed by atoms with van der Waals surface area (Å²) in [4.78, 5) is 2.61. The Morgan fingerprint density at radius 1 is 1.20 bits per heavy atom. The third-order valence-corrected chi connectivity index (χ3v) is 4.66. The summed E-state index contributed by atoms with van der Waals surface area (Å²) in [5.74, 6) is 0. The average molecular weight is 339 g/mol. The first-order valence-electron chi connectivity index (χ1n) is 7.85. The molecule has 1 aliphatic rings. The molecule has 2 nitrogen and oxygen atoms in total. The van der Waals surface area contributed by atoms with E-state index in [9.17, 15) is 0 Å². The van der Waals surface area contributed by atoms with E-state index in [1.54, 1.807) is 0 Å². The third-order valence-electron chi connectivity index (χ3n) is 4.21. The van der Waals surface area contributed by atoms with E-state index in [0.717, 1.165) is 0 Å². The maximum Gasteiger partial charge on any atom is 0.0402 e. The maximum absolute atomic E-state index is 3.80. The second-order valence-corrected chi connectivity index (χ2v) is 6.94. The highest BCUT2D eigenvalue weighted by Crippen LogP contribution is 2.27. The number of nitrogens with one attached hydrogen (secondary N) is 1. The van der Waals surface area contributed by atoms with Crippen LogP contribution in [0.4, 0.5) is 5.69 Å². The molecule has 3 heteroatoms. The first kappa shape index (κ1) is 15.8. The fraction of sp³-hybridized carbons (Fsp3) is 0.647. The van der Waals surface area contributed by atoms with Gasteiger partial charge in [0.25, 0.3) is 0 Å². The van der Waals surface area contributed by atoms with Crippen molar-refractivity contribution in [1.82, 2.24) is 4.90 Å². The summed E-state index contributed by atoms with van der Waals surface area (Å²) < 4.78 is 1.17. The van der Waals surface area contributed by atoms with Crippen LogP contribution in [0, 0.1) is 13.8 Å². The highest BCUT2D eigenvalue weighted by molar-refractivity contribution is 9.10. The Labute approximate surface area is 132 Å². The van der Waals surface area contributed by atoms with Gasteiger partial charge in [-0.15, -0.1) is 0 Å². The van der Waals surface area contributed by atoms with Crippen molar-refractivity contribution in [3.05, 3.63) is 27.7 Å². The highest BCUT2D eigenvalue weighted by Gasteiger charge is 2.17. The van der Waals surface area contributed by atoms with Gasteiger partial charge in [-0.05, 0) is 75.9 Å². The van der Waals surface area contributed by atoms with E-state index >= 15 is 0 Å². The van der Waals surface area contributed by atoms with Crippen molar-refractivity contribution < 1.29 is 0 Å². The van der Waals surface area contributed by atoms with Crippen molar-refractivity contribution >= 4 is 21.6 Å². The minimum atomic E-state index is 0.621. The lowest BCUT2D eigenvalue weighted by Gasteiger charge is -2.22. The molecule has 112 valence electrons. The Kier molecular flexibility index (Phi) is 5.91. The minimum Gasteiger partial charge on any atom is -0.382 e. The molecule has 1 unspecified atom stereocenters. The number of rotatable bonds is 4. The average Bonchev–Trinajstić information content (AvgIpc) is 2.60. The van der Waals surface area contributed by atoms with Crippen molar-refractivity contribution in [2.24, 2.45) is 0 Å². The number of benzene rings is 1. The summed E-state index contributed by atoms with van der Waals surface area (Å²) in [7, 11) is 0. The summed E-state index contributed by atoms with van der Waals surface area (Å²) in [5.41, 5.74) is 4.01. The summed E-state index contributed by atoms with van der Waals surface area (Å²) in [6.45, 7) is 10.4. The molecule has 0 aromatic heterocycles. The van der Waals surface area contributed by atoms with Crippen LogP contribution in [0.5, 0.6) is 0 Å². The molecule has 0 radical (unpaired) electrons. The molecule has 1 fully saturated rings. The molecule has 1 heterocycles. The largest absolute Gasteiger partial charge is 0.382 e. The molecule has 1 N–H and O–H groups in total. The van der Waals surface area contributed by atoms with E-state index in [1.165, 1.54) is 66.6 Å². The molecular weight excluding hydrogens is 312 g/mol. The molecule has 1 saturated heterocycles. The molecule has 1 atom stereocenters. The normalized spacial score (nSPS) is 20.7. The smallest absolute Gasteiger partial charge is 0.0402 e. The summed E-state index contributed by atoms with van der Waals surface area (Å²) in [6, 6.07) is 5.03. The van der Waals surface area contributed by atoms with Crippen LogP contribution in [-0.2, 0) is 0 Å². The van der Waals surface area contributed by atoms with Gasteiger partial charge in [-0.1, -0.05) is 22.9 Å². The number of hydrogen-bond acceptors (Lipinski definition) is 2. The fourth-order valence-electron chi connectivity index (χ4n) is 3.18. The predicted octanol–water partition coefficient (Wildman–Crippen LogP) is 4.74. The van der Waals surface area contributed by atoms with Gasteiger partial charge in [0.15, 0.2) is 0 Å². The van der Waals surface area contributed by atoms with Crippen LogP contribution < -0.4 is 5.32 Å². The van der Waals surface area contributed by atoms with Gasteiger partial charge in [-0.3, -0.25) is 0 Å². The fourth-order valence-corrected chi connectivity index (χ4v) is 3.87. The SMILES string of the molecule is CCCN1CCCC(Nc2c(C)cc(Br)cc2C)CC1. The van der Waals surface area contributed by atoms with Gasteiger partial charge in [0.1, 0.15) is 0 Å². The van der Waals surface area contributed by atoms with Gasteiger partial charge in [0.2, 0.25) is 0 Å². The predicted molar refractivity (Wildman–Crippen MR) is 91.6 cm³/mol. The second-order valence-electron chi connectivity index (χ2n) is 6.03. The summed E-state index contributed by atoms with van der Waals surface area (Å²) in [6.07, 6.45) is 5.12. The van der Waals surface area contributed by atoms with E-state index in [4.69, 9.17) is 0 Å². The molecule has 1 aliphatic heterocycles. The molecule has 0 aliphatic carbocycles. The van der Waals surface area contributed by atoms with Gasteiger partial charge < -0.3 is 10.2 Å². The third kappa shape index (κ3) is 4.23. The molecule has 2 rings (SSSR count). The molecule has 1 aromatic rings. The summed E-state index contributed by atoms with van der Waals surface area (Å²) >= 11 is 3.58. The Balaban J connectivity index is 2.00.